The highest BCUT2D eigenvalue weighted by molar-refractivity contribution is 5.12. The van der Waals surface area contributed by atoms with Crippen LogP contribution in [-0.4, -0.2) is 18.5 Å². The average Bonchev–Trinajstić information content (AvgIpc) is 3.03. The van der Waals surface area contributed by atoms with E-state index in [1.165, 1.54) is 95.7 Å². The molecule has 0 saturated carbocycles. The summed E-state index contributed by atoms with van der Waals surface area (Å²) in [5.41, 5.74) is 1.50. The van der Waals surface area contributed by atoms with Crippen LogP contribution >= 0.6 is 0 Å². The fourth-order valence-electron chi connectivity index (χ4n) is 3.99. The van der Waals surface area contributed by atoms with Crippen LogP contribution in [0.25, 0.3) is 0 Å². The van der Waals surface area contributed by atoms with Crippen molar-refractivity contribution < 1.29 is 21.5 Å². The molecule has 1 aromatic rings. The number of aryl methyl sites for hydroxylation is 1. The lowest BCUT2D eigenvalue weighted by molar-refractivity contribution is -0.697. The second kappa shape index (κ2) is 13.7. The molecular weight excluding hydrogens is 372 g/mol. The Kier molecular flexibility index (Phi) is 12.4. The van der Waals surface area contributed by atoms with Gasteiger partial charge in [0.1, 0.15) is 6.54 Å². The SMILES string of the molecule is CCCCCCCCCCCC[n+]1cccc([C@@H]2CCCN2C)c1.[Br-]. The van der Waals surface area contributed by atoms with Crippen molar-refractivity contribution in [3.05, 3.63) is 30.1 Å². The smallest absolute Gasteiger partial charge is 0.173 e. The number of aromatic nitrogens is 1. The third-order valence-electron chi connectivity index (χ3n) is 5.56. The molecule has 25 heavy (non-hydrogen) atoms. The molecular formula is C22H39BrN2. The van der Waals surface area contributed by atoms with Gasteiger partial charge >= 0.3 is 0 Å². The molecule has 0 radical (unpaired) electrons. The minimum Gasteiger partial charge on any atom is -1.00 e. The molecule has 1 aliphatic heterocycles. The number of hydrogen-bond acceptors (Lipinski definition) is 1. The summed E-state index contributed by atoms with van der Waals surface area (Å²) in [6.45, 7) is 4.72. The van der Waals surface area contributed by atoms with Gasteiger partial charge in [0.05, 0.1) is 0 Å². The van der Waals surface area contributed by atoms with Crippen LogP contribution in [0.3, 0.4) is 0 Å². The third kappa shape index (κ3) is 8.68. The first-order valence-corrected chi connectivity index (χ1v) is 10.5. The normalized spacial score (nSPS) is 17.6. The number of halogens is 1. The first kappa shape index (κ1) is 22.6. The van der Waals surface area contributed by atoms with Crippen LogP contribution in [0.1, 0.15) is 95.6 Å². The van der Waals surface area contributed by atoms with Crippen LogP contribution in [0.4, 0.5) is 0 Å². The maximum atomic E-state index is 2.50. The molecule has 0 N–H and O–H groups in total. The van der Waals surface area contributed by atoms with Gasteiger partial charge in [0.15, 0.2) is 12.4 Å². The van der Waals surface area contributed by atoms with E-state index in [0.29, 0.717) is 6.04 Å². The van der Waals surface area contributed by atoms with E-state index in [1.807, 2.05) is 0 Å². The second-order valence-corrected chi connectivity index (χ2v) is 7.70. The average molecular weight is 411 g/mol. The van der Waals surface area contributed by atoms with Crippen LogP contribution in [0.5, 0.6) is 0 Å². The molecule has 0 unspecified atom stereocenters. The molecule has 144 valence electrons. The fourth-order valence-corrected chi connectivity index (χ4v) is 3.99. The van der Waals surface area contributed by atoms with Crippen molar-refractivity contribution in [1.29, 1.82) is 0 Å². The van der Waals surface area contributed by atoms with Crippen molar-refractivity contribution in [1.82, 2.24) is 4.90 Å². The van der Waals surface area contributed by atoms with Crippen LogP contribution in [0.15, 0.2) is 24.5 Å². The Morgan fingerprint density at radius 2 is 1.64 bits per heavy atom. The van der Waals surface area contributed by atoms with Gasteiger partial charge < -0.3 is 17.0 Å². The summed E-state index contributed by atoms with van der Waals surface area (Å²) in [5.74, 6) is 0. The molecule has 0 bridgehead atoms. The van der Waals surface area contributed by atoms with Gasteiger partial charge in [0, 0.05) is 24.1 Å². The zero-order valence-corrected chi connectivity index (χ0v) is 18.1. The van der Waals surface area contributed by atoms with Gasteiger partial charge in [-0.1, -0.05) is 58.3 Å². The minimum absolute atomic E-state index is 0. The minimum atomic E-state index is 0. The summed E-state index contributed by atoms with van der Waals surface area (Å²) in [4.78, 5) is 2.50. The Morgan fingerprint density at radius 3 is 2.24 bits per heavy atom. The third-order valence-corrected chi connectivity index (χ3v) is 5.56. The van der Waals surface area contributed by atoms with Crippen molar-refractivity contribution in [2.45, 2.75) is 96.6 Å². The number of hydrogen-bond donors (Lipinski definition) is 0. The summed E-state index contributed by atoms with van der Waals surface area (Å²) in [6, 6.07) is 5.18. The van der Waals surface area contributed by atoms with Gasteiger partial charge in [0.25, 0.3) is 0 Å². The second-order valence-electron chi connectivity index (χ2n) is 7.70. The Hall–Kier alpha value is -0.410. The molecule has 0 spiro atoms. The van der Waals surface area contributed by atoms with E-state index >= 15 is 0 Å². The topological polar surface area (TPSA) is 7.12 Å². The number of unbranched alkanes of at least 4 members (excludes halogenated alkanes) is 9. The standard InChI is InChI=1S/C22H39N2.BrH/c1-3-4-5-6-7-8-9-10-11-12-18-24-19-13-15-21(20-24)22-16-14-17-23(22)2;/h13,15,19-20,22H,3-12,14,16-18H2,1-2H3;1H/q+1;/p-1/t22-;/m0./s1. The highest BCUT2D eigenvalue weighted by Gasteiger charge is 2.24. The molecule has 1 aliphatic rings. The van der Waals surface area contributed by atoms with Crippen molar-refractivity contribution in [2.75, 3.05) is 13.6 Å². The maximum Gasteiger partial charge on any atom is 0.173 e. The summed E-state index contributed by atoms with van der Waals surface area (Å²) >= 11 is 0. The highest BCUT2D eigenvalue weighted by atomic mass is 79.9. The highest BCUT2D eigenvalue weighted by Crippen LogP contribution is 2.29. The molecule has 3 heteroatoms. The van der Waals surface area contributed by atoms with Crippen LogP contribution < -0.4 is 21.5 Å². The predicted octanol–water partition coefficient (Wildman–Crippen LogP) is 2.67. The molecule has 1 atom stereocenters. The molecule has 2 heterocycles. The van der Waals surface area contributed by atoms with E-state index < -0.39 is 0 Å². The predicted molar refractivity (Wildman–Crippen MR) is 103 cm³/mol. The van der Waals surface area contributed by atoms with Gasteiger partial charge in [-0.15, -0.1) is 0 Å². The Labute approximate surface area is 166 Å². The first-order valence-electron chi connectivity index (χ1n) is 10.5. The Balaban J connectivity index is 0.00000312. The zero-order chi connectivity index (χ0) is 17.0. The van der Waals surface area contributed by atoms with E-state index in [0.717, 1.165) is 0 Å². The summed E-state index contributed by atoms with van der Waals surface area (Å²) in [5, 5.41) is 0. The number of pyridine rings is 1. The van der Waals surface area contributed by atoms with Crippen molar-refractivity contribution >= 4 is 0 Å². The van der Waals surface area contributed by atoms with Crippen LogP contribution in [0.2, 0.25) is 0 Å². The largest absolute Gasteiger partial charge is 1.00 e. The molecule has 0 aliphatic carbocycles. The Morgan fingerprint density at radius 1 is 1.00 bits per heavy atom. The lowest BCUT2D eigenvalue weighted by Crippen LogP contribution is -3.00. The van der Waals surface area contributed by atoms with Gasteiger partial charge in [0.2, 0.25) is 0 Å². The molecule has 0 amide bonds. The lowest BCUT2D eigenvalue weighted by Gasteiger charge is -2.18. The number of rotatable bonds is 12. The Bertz CT molecular complexity index is 449. The van der Waals surface area contributed by atoms with E-state index in [9.17, 15) is 0 Å². The molecule has 2 nitrogen and oxygen atoms in total. The first-order chi connectivity index (χ1) is 11.8. The van der Waals surface area contributed by atoms with Crippen LogP contribution in [0, 0.1) is 0 Å². The maximum absolute atomic E-state index is 2.50. The van der Waals surface area contributed by atoms with E-state index in [-0.39, 0.29) is 17.0 Å². The van der Waals surface area contributed by atoms with Gasteiger partial charge in [-0.05, 0) is 38.9 Å². The molecule has 1 aromatic heterocycles. The van der Waals surface area contributed by atoms with E-state index in [2.05, 4.69) is 48.0 Å². The molecule has 1 fully saturated rings. The fraction of sp³-hybridized carbons (Fsp3) is 0.773. The van der Waals surface area contributed by atoms with Gasteiger partial charge in [-0.3, -0.25) is 4.90 Å². The van der Waals surface area contributed by atoms with Crippen LogP contribution in [-0.2, 0) is 6.54 Å². The summed E-state index contributed by atoms with van der Waals surface area (Å²) < 4.78 is 2.41. The van der Waals surface area contributed by atoms with E-state index in [4.69, 9.17) is 0 Å². The van der Waals surface area contributed by atoms with Crippen molar-refractivity contribution in [3.63, 3.8) is 0 Å². The number of likely N-dealkylation sites (tertiary alicyclic amines) is 1. The summed E-state index contributed by atoms with van der Waals surface area (Å²) in [6.07, 6.45) is 21.4. The lowest BCUT2D eigenvalue weighted by atomic mass is 10.1. The quantitative estimate of drug-likeness (QED) is 0.379. The molecule has 0 aromatic carbocycles. The monoisotopic (exact) mass is 410 g/mol. The van der Waals surface area contributed by atoms with Gasteiger partial charge in [-0.2, -0.15) is 0 Å². The summed E-state index contributed by atoms with van der Waals surface area (Å²) in [7, 11) is 2.26. The molecule has 2 rings (SSSR count). The number of nitrogens with zero attached hydrogens (tertiary/aromatic N) is 2. The zero-order valence-electron chi connectivity index (χ0n) is 16.6. The molecule has 1 saturated heterocycles. The van der Waals surface area contributed by atoms with Crippen molar-refractivity contribution in [2.24, 2.45) is 0 Å². The van der Waals surface area contributed by atoms with Gasteiger partial charge in [-0.25, -0.2) is 4.57 Å². The van der Waals surface area contributed by atoms with E-state index in [1.54, 1.807) is 0 Å². The van der Waals surface area contributed by atoms with Crippen molar-refractivity contribution in [3.8, 4) is 0 Å².